The monoisotopic (exact) mass is 540 g/mol. The highest BCUT2D eigenvalue weighted by atomic mass is 35.5. The molecule has 1 aliphatic rings. The van der Waals surface area contributed by atoms with E-state index in [9.17, 15) is 14.7 Å². The van der Waals surface area contributed by atoms with Gasteiger partial charge >= 0.3 is 0 Å². The summed E-state index contributed by atoms with van der Waals surface area (Å²) in [5.74, 6) is -0.843. The Kier molecular flexibility index (Phi) is 8.19. The maximum atomic E-state index is 14.0. The van der Waals surface area contributed by atoms with Gasteiger partial charge in [-0.1, -0.05) is 68.2 Å². The van der Waals surface area contributed by atoms with Crippen LogP contribution in [-0.4, -0.2) is 40.6 Å². The summed E-state index contributed by atoms with van der Waals surface area (Å²) in [6.07, 6.45) is 2.75. The molecule has 4 rings (SSSR count). The number of aliphatic hydroxyl groups is 1. The average molecular weight is 541 g/mol. The molecule has 1 aliphatic heterocycles. The van der Waals surface area contributed by atoms with E-state index >= 15 is 0 Å². The van der Waals surface area contributed by atoms with Crippen LogP contribution in [0.2, 0.25) is 10.0 Å². The Morgan fingerprint density at radius 1 is 1.08 bits per heavy atom. The molecule has 0 spiro atoms. The van der Waals surface area contributed by atoms with Crippen molar-refractivity contribution >= 4 is 46.4 Å². The SMILES string of the molecule is CC(C)(C)c1ccc(N(C(=O)[C@H]2C[C@@H](O)CN2)C(C(=O)Nc2c(Cl)cccc2Cl)c2cccnc2)cc1. The molecule has 0 aliphatic carbocycles. The van der Waals surface area contributed by atoms with Gasteiger partial charge in [0.2, 0.25) is 5.91 Å². The Morgan fingerprint density at radius 2 is 1.76 bits per heavy atom. The molecule has 3 N–H and O–H groups in total. The van der Waals surface area contributed by atoms with Crippen LogP contribution in [0.4, 0.5) is 11.4 Å². The van der Waals surface area contributed by atoms with Crippen LogP contribution in [0.25, 0.3) is 0 Å². The van der Waals surface area contributed by atoms with Gasteiger partial charge in [0.25, 0.3) is 5.91 Å². The van der Waals surface area contributed by atoms with Crippen molar-refractivity contribution in [2.75, 3.05) is 16.8 Å². The Labute approximate surface area is 226 Å². The summed E-state index contributed by atoms with van der Waals surface area (Å²) < 4.78 is 0. The molecule has 2 heterocycles. The summed E-state index contributed by atoms with van der Waals surface area (Å²) in [5, 5.41) is 16.5. The maximum Gasteiger partial charge on any atom is 0.252 e. The third-order valence-corrected chi connectivity index (χ3v) is 7.00. The van der Waals surface area contributed by atoms with Crippen LogP contribution in [0.5, 0.6) is 0 Å². The number of para-hydroxylation sites is 1. The van der Waals surface area contributed by atoms with Gasteiger partial charge in [-0.2, -0.15) is 0 Å². The predicted molar refractivity (Wildman–Crippen MR) is 147 cm³/mol. The van der Waals surface area contributed by atoms with Crippen molar-refractivity contribution in [1.29, 1.82) is 0 Å². The van der Waals surface area contributed by atoms with Gasteiger partial charge in [-0.05, 0) is 47.7 Å². The van der Waals surface area contributed by atoms with E-state index in [1.54, 1.807) is 42.7 Å². The number of nitrogens with zero attached hydrogens (tertiary/aromatic N) is 2. The lowest BCUT2D eigenvalue weighted by Crippen LogP contribution is -2.49. The third kappa shape index (κ3) is 6.13. The molecule has 0 saturated carbocycles. The molecule has 1 saturated heterocycles. The van der Waals surface area contributed by atoms with Gasteiger partial charge in [0.15, 0.2) is 0 Å². The number of pyridine rings is 1. The van der Waals surface area contributed by atoms with Crippen LogP contribution in [0.1, 0.15) is 44.4 Å². The van der Waals surface area contributed by atoms with Gasteiger partial charge in [-0.25, -0.2) is 0 Å². The molecule has 9 heteroatoms. The van der Waals surface area contributed by atoms with E-state index in [4.69, 9.17) is 23.2 Å². The van der Waals surface area contributed by atoms with Crippen LogP contribution in [0, 0.1) is 0 Å². The molecular weight excluding hydrogens is 511 g/mol. The number of anilines is 2. The van der Waals surface area contributed by atoms with Gasteiger partial charge in [0.1, 0.15) is 6.04 Å². The zero-order valence-electron chi connectivity index (χ0n) is 20.9. The first-order valence-electron chi connectivity index (χ1n) is 12.1. The molecule has 2 aromatic carbocycles. The van der Waals surface area contributed by atoms with E-state index in [1.165, 1.54) is 4.90 Å². The smallest absolute Gasteiger partial charge is 0.252 e. The van der Waals surface area contributed by atoms with Crippen molar-refractivity contribution < 1.29 is 14.7 Å². The quantitative estimate of drug-likeness (QED) is 0.403. The van der Waals surface area contributed by atoms with Crippen LogP contribution in [0.3, 0.4) is 0 Å². The lowest BCUT2D eigenvalue weighted by atomic mass is 9.87. The fourth-order valence-electron chi connectivity index (χ4n) is 4.36. The maximum absolute atomic E-state index is 14.0. The lowest BCUT2D eigenvalue weighted by Gasteiger charge is -2.33. The number of benzene rings is 2. The summed E-state index contributed by atoms with van der Waals surface area (Å²) in [6.45, 7) is 6.61. The summed E-state index contributed by atoms with van der Waals surface area (Å²) >= 11 is 12.7. The van der Waals surface area contributed by atoms with E-state index in [1.807, 2.05) is 24.3 Å². The first-order chi connectivity index (χ1) is 17.6. The van der Waals surface area contributed by atoms with Crippen molar-refractivity contribution in [2.45, 2.75) is 50.8 Å². The van der Waals surface area contributed by atoms with E-state index < -0.39 is 24.1 Å². The minimum Gasteiger partial charge on any atom is -0.392 e. The molecule has 1 aromatic heterocycles. The highest BCUT2D eigenvalue weighted by Gasteiger charge is 2.39. The minimum absolute atomic E-state index is 0.0918. The summed E-state index contributed by atoms with van der Waals surface area (Å²) in [4.78, 5) is 33.6. The average Bonchev–Trinajstić information content (AvgIpc) is 3.30. The number of aromatic nitrogens is 1. The Bertz CT molecular complexity index is 1240. The molecule has 3 aromatic rings. The predicted octanol–water partition coefficient (Wildman–Crippen LogP) is 5.12. The number of hydrogen-bond acceptors (Lipinski definition) is 5. The summed E-state index contributed by atoms with van der Waals surface area (Å²) in [7, 11) is 0. The zero-order valence-corrected chi connectivity index (χ0v) is 22.4. The number of aliphatic hydroxyl groups excluding tert-OH is 1. The number of β-amino-alcohol motifs (C(OH)–C–C–N with tert-alkyl or cyclic N) is 1. The van der Waals surface area contributed by atoms with Crippen LogP contribution < -0.4 is 15.5 Å². The second kappa shape index (κ2) is 11.2. The first kappa shape index (κ1) is 27.1. The van der Waals surface area contributed by atoms with Crippen molar-refractivity contribution in [1.82, 2.24) is 10.3 Å². The highest BCUT2D eigenvalue weighted by Crippen LogP contribution is 2.35. The van der Waals surface area contributed by atoms with Crippen LogP contribution >= 0.6 is 23.2 Å². The first-order valence-corrected chi connectivity index (χ1v) is 12.8. The highest BCUT2D eigenvalue weighted by molar-refractivity contribution is 6.39. The van der Waals surface area contributed by atoms with Crippen molar-refractivity contribution in [2.24, 2.45) is 0 Å². The van der Waals surface area contributed by atoms with Crippen LogP contribution in [-0.2, 0) is 15.0 Å². The molecule has 1 fully saturated rings. The van der Waals surface area contributed by atoms with Gasteiger partial charge < -0.3 is 15.7 Å². The number of halogens is 2. The number of carbonyl (C=O) groups is 2. The molecule has 37 heavy (non-hydrogen) atoms. The van der Waals surface area contributed by atoms with E-state index in [0.717, 1.165) is 5.56 Å². The normalized spacial score (nSPS) is 18.3. The Morgan fingerprint density at radius 3 is 2.30 bits per heavy atom. The fourth-order valence-corrected chi connectivity index (χ4v) is 4.85. The molecule has 3 atom stereocenters. The number of hydrogen-bond donors (Lipinski definition) is 3. The molecule has 7 nitrogen and oxygen atoms in total. The number of rotatable bonds is 6. The van der Waals surface area contributed by atoms with Gasteiger partial charge in [0.05, 0.1) is 27.9 Å². The summed E-state index contributed by atoms with van der Waals surface area (Å²) in [5.41, 5.74) is 2.30. The minimum atomic E-state index is -1.09. The number of carbonyl (C=O) groups excluding carboxylic acids is 2. The fraction of sp³-hybridized carbons (Fsp3) is 0.321. The van der Waals surface area contributed by atoms with Crippen molar-refractivity contribution in [3.8, 4) is 0 Å². The Hall–Kier alpha value is -2.97. The van der Waals surface area contributed by atoms with Gasteiger partial charge in [-0.3, -0.25) is 19.5 Å². The van der Waals surface area contributed by atoms with Gasteiger partial charge in [0, 0.05) is 30.2 Å². The number of amides is 2. The standard InChI is InChI=1S/C28H30Cl2N4O3/c1-28(2,3)18-9-11-19(12-10-18)34(27(37)23-14-20(35)16-32-23)25(17-6-5-13-31-15-17)26(36)33-24-21(29)7-4-8-22(24)30/h4-13,15,20,23,25,32,35H,14,16H2,1-3H3,(H,33,36)/t20-,23-,25?/m1/s1. The molecule has 2 amide bonds. The summed E-state index contributed by atoms with van der Waals surface area (Å²) in [6, 6.07) is 14.2. The molecule has 1 unspecified atom stereocenters. The third-order valence-electron chi connectivity index (χ3n) is 6.37. The van der Waals surface area contributed by atoms with E-state index in [0.29, 0.717) is 17.8 Å². The van der Waals surface area contributed by atoms with Crippen LogP contribution in [0.15, 0.2) is 67.0 Å². The Balaban J connectivity index is 1.82. The van der Waals surface area contributed by atoms with Crippen molar-refractivity contribution in [3.63, 3.8) is 0 Å². The molecule has 0 bridgehead atoms. The number of nitrogens with one attached hydrogen (secondary N) is 2. The topological polar surface area (TPSA) is 94.6 Å². The van der Waals surface area contributed by atoms with Crippen molar-refractivity contribution in [3.05, 3.63) is 88.2 Å². The lowest BCUT2D eigenvalue weighted by molar-refractivity contribution is -0.125. The van der Waals surface area contributed by atoms with E-state index in [-0.39, 0.29) is 33.5 Å². The largest absolute Gasteiger partial charge is 0.392 e. The van der Waals surface area contributed by atoms with E-state index in [2.05, 4.69) is 36.4 Å². The van der Waals surface area contributed by atoms with Gasteiger partial charge in [-0.15, -0.1) is 0 Å². The molecular formula is C28H30Cl2N4O3. The zero-order chi connectivity index (χ0) is 26.7. The molecule has 0 radical (unpaired) electrons. The molecule has 194 valence electrons. The second-order valence-corrected chi connectivity index (χ2v) is 10.9. The second-order valence-electron chi connectivity index (χ2n) is 10.1.